The molecule has 1 heterocycles. The van der Waals surface area contributed by atoms with E-state index >= 15 is 0 Å². The van der Waals surface area contributed by atoms with Gasteiger partial charge in [0, 0.05) is 10.7 Å². The molecule has 15 heavy (non-hydrogen) atoms. The van der Waals surface area contributed by atoms with E-state index in [2.05, 4.69) is 0 Å². The quantitative estimate of drug-likeness (QED) is 0.683. The summed E-state index contributed by atoms with van der Waals surface area (Å²) in [6.07, 6.45) is 0.576. The molecule has 4 heteroatoms. The molecule has 1 fully saturated rings. The van der Waals surface area contributed by atoms with Gasteiger partial charge in [-0.25, -0.2) is 0 Å². The predicted octanol–water partition coefficient (Wildman–Crippen LogP) is 2.39. The van der Waals surface area contributed by atoms with Gasteiger partial charge in [0.25, 0.3) is 0 Å². The van der Waals surface area contributed by atoms with Crippen molar-refractivity contribution in [3.05, 3.63) is 0 Å². The molecular weight excluding hydrogens is 212 g/mol. The molecule has 0 aliphatic carbocycles. The van der Waals surface area contributed by atoms with Crippen LogP contribution in [-0.4, -0.2) is 21.9 Å². The Kier molecular flexibility index (Phi) is 3.82. The first-order valence-corrected chi connectivity index (χ1v) is 6.01. The third kappa shape index (κ3) is 4.24. The molecule has 1 saturated heterocycles. The summed E-state index contributed by atoms with van der Waals surface area (Å²) < 4.78 is 5.02. The highest BCUT2D eigenvalue weighted by Gasteiger charge is 2.33. The van der Waals surface area contributed by atoms with E-state index in [9.17, 15) is 9.59 Å². The molecule has 0 radical (unpaired) electrons. The second kappa shape index (κ2) is 4.56. The third-order valence-corrected chi connectivity index (χ3v) is 3.20. The second-order valence-corrected chi connectivity index (χ2v) is 6.88. The highest BCUT2D eigenvalue weighted by molar-refractivity contribution is 8.14. The van der Waals surface area contributed by atoms with Gasteiger partial charge in [0.05, 0.1) is 12.8 Å². The smallest absolute Gasteiger partial charge is 0.306 e. The molecule has 1 aliphatic heterocycles. The van der Waals surface area contributed by atoms with Crippen molar-refractivity contribution in [3.63, 3.8) is 0 Å². The Morgan fingerprint density at radius 2 is 2.13 bits per heavy atom. The lowest BCUT2D eigenvalue weighted by molar-refractivity contribution is -0.142. The minimum atomic E-state index is -0.208. The number of carbonyl (C=O) groups is 2. The molecule has 0 amide bonds. The van der Waals surface area contributed by atoms with E-state index in [1.54, 1.807) is 0 Å². The van der Waals surface area contributed by atoms with Gasteiger partial charge in [0.15, 0.2) is 5.12 Å². The first-order chi connectivity index (χ1) is 6.78. The highest BCUT2D eigenvalue weighted by Crippen LogP contribution is 2.30. The molecule has 1 rings (SSSR count). The van der Waals surface area contributed by atoms with Gasteiger partial charge < -0.3 is 4.74 Å². The number of esters is 1. The monoisotopic (exact) mass is 230 g/mol. The zero-order chi connectivity index (χ0) is 11.6. The Balaban J connectivity index is 2.42. The van der Waals surface area contributed by atoms with Crippen molar-refractivity contribution in [2.24, 2.45) is 5.92 Å². The maximum absolute atomic E-state index is 11.6. The van der Waals surface area contributed by atoms with E-state index in [0.717, 1.165) is 0 Å². The Morgan fingerprint density at radius 1 is 1.53 bits per heavy atom. The summed E-state index contributed by atoms with van der Waals surface area (Å²) in [5.74, 6) is -0.0110. The van der Waals surface area contributed by atoms with Gasteiger partial charge >= 0.3 is 5.97 Å². The van der Waals surface area contributed by atoms with Crippen molar-refractivity contribution in [1.29, 1.82) is 0 Å². The van der Waals surface area contributed by atoms with Gasteiger partial charge in [-0.1, -0.05) is 39.5 Å². The molecule has 3 nitrogen and oxygen atoms in total. The molecule has 0 aromatic carbocycles. The lowest BCUT2D eigenvalue weighted by atomic mass is 10.0. The van der Waals surface area contributed by atoms with Crippen molar-refractivity contribution in [2.45, 2.75) is 51.4 Å². The van der Waals surface area contributed by atoms with E-state index in [4.69, 9.17) is 4.74 Å². The predicted molar refractivity (Wildman–Crippen MR) is 60.6 cm³/mol. The van der Waals surface area contributed by atoms with Gasteiger partial charge in [-0.2, -0.15) is 0 Å². The number of rotatable bonds is 2. The molecule has 0 aromatic rings. The largest absolute Gasteiger partial charge is 0.462 e. The first kappa shape index (κ1) is 12.6. The second-order valence-electron chi connectivity index (χ2n) is 5.00. The van der Waals surface area contributed by atoms with Crippen LogP contribution in [0.4, 0.5) is 0 Å². The molecule has 86 valence electrons. The zero-order valence-corrected chi connectivity index (χ0v) is 10.5. The average Bonchev–Trinajstić information content (AvgIpc) is 2.25. The summed E-state index contributed by atoms with van der Waals surface area (Å²) in [7, 11) is 0. The van der Waals surface area contributed by atoms with Gasteiger partial charge in [-0.05, 0) is 0 Å². The molecule has 2 atom stereocenters. The number of carbonyl (C=O) groups excluding carboxylic acids is 2. The van der Waals surface area contributed by atoms with Crippen LogP contribution in [0.25, 0.3) is 0 Å². The summed E-state index contributed by atoms with van der Waals surface area (Å²) in [5, 5.41) is 0.106. The average molecular weight is 230 g/mol. The molecule has 0 saturated carbocycles. The lowest BCUT2D eigenvalue weighted by Crippen LogP contribution is -2.20. The Bertz CT molecular complexity index is 267. The maximum atomic E-state index is 11.6. The normalized spacial score (nSPS) is 26.5. The molecule has 1 aliphatic rings. The van der Waals surface area contributed by atoms with Gasteiger partial charge in [0.1, 0.15) is 6.10 Å². The fourth-order valence-corrected chi connectivity index (χ4v) is 2.45. The minimum Gasteiger partial charge on any atom is -0.462 e. The van der Waals surface area contributed by atoms with Crippen LogP contribution >= 0.6 is 11.8 Å². The fraction of sp³-hybridized carbons (Fsp3) is 0.818. The van der Waals surface area contributed by atoms with E-state index in [-0.39, 0.29) is 27.9 Å². The fourth-order valence-electron chi connectivity index (χ4n) is 1.52. The Hall–Kier alpha value is -0.510. The van der Waals surface area contributed by atoms with Crippen LogP contribution in [-0.2, 0) is 14.3 Å². The number of hydrogen-bond donors (Lipinski definition) is 0. The van der Waals surface area contributed by atoms with E-state index < -0.39 is 0 Å². The van der Waals surface area contributed by atoms with Crippen LogP contribution in [0.5, 0.6) is 0 Å². The molecule has 0 N–H and O–H groups in total. The molecular formula is C11H18O3S. The first-order valence-electron chi connectivity index (χ1n) is 5.19. The molecule has 0 spiro atoms. The minimum absolute atomic E-state index is 0.0665. The standard InChI is InChI=1S/C11H18O3S/c1-7-5-9(12)14-8(7)6-10(13)15-11(2,3)4/h7-8H,5-6H2,1-4H3/t7-,8-/m0/s1. The van der Waals surface area contributed by atoms with E-state index in [1.807, 2.05) is 27.7 Å². The number of thioether (sulfide) groups is 1. The summed E-state index contributed by atoms with van der Waals surface area (Å²) >= 11 is 1.32. The zero-order valence-electron chi connectivity index (χ0n) is 9.70. The SMILES string of the molecule is C[C@H]1CC(=O)O[C@H]1CC(=O)SC(C)(C)C. The van der Waals surface area contributed by atoms with Crippen molar-refractivity contribution >= 4 is 22.8 Å². The lowest BCUT2D eigenvalue weighted by Gasteiger charge is -2.18. The Labute approximate surface area is 94.9 Å². The van der Waals surface area contributed by atoms with E-state index in [0.29, 0.717) is 12.8 Å². The summed E-state index contributed by atoms with van der Waals surface area (Å²) in [6, 6.07) is 0. The highest BCUT2D eigenvalue weighted by atomic mass is 32.2. The van der Waals surface area contributed by atoms with Gasteiger partial charge in [-0.15, -0.1) is 0 Å². The number of ether oxygens (including phenoxy) is 1. The van der Waals surface area contributed by atoms with Crippen molar-refractivity contribution < 1.29 is 14.3 Å². The summed E-state index contributed by atoms with van der Waals surface area (Å²) in [6.45, 7) is 7.95. The van der Waals surface area contributed by atoms with E-state index in [1.165, 1.54) is 11.8 Å². The Morgan fingerprint density at radius 3 is 2.53 bits per heavy atom. The van der Waals surface area contributed by atoms with Gasteiger partial charge in [-0.3, -0.25) is 9.59 Å². The summed E-state index contributed by atoms with van der Waals surface area (Å²) in [4.78, 5) is 22.6. The van der Waals surface area contributed by atoms with Crippen LogP contribution in [0.3, 0.4) is 0 Å². The van der Waals surface area contributed by atoms with Crippen LogP contribution in [0, 0.1) is 5.92 Å². The molecule has 0 bridgehead atoms. The third-order valence-electron chi connectivity index (χ3n) is 2.19. The maximum Gasteiger partial charge on any atom is 0.306 e. The van der Waals surface area contributed by atoms with Crippen molar-refractivity contribution in [2.75, 3.05) is 0 Å². The van der Waals surface area contributed by atoms with Crippen LogP contribution in [0.15, 0.2) is 0 Å². The van der Waals surface area contributed by atoms with Gasteiger partial charge in [0.2, 0.25) is 0 Å². The van der Waals surface area contributed by atoms with Crippen LogP contribution in [0.2, 0.25) is 0 Å². The van der Waals surface area contributed by atoms with Crippen LogP contribution in [0.1, 0.15) is 40.5 Å². The summed E-state index contributed by atoms with van der Waals surface area (Å²) in [5.41, 5.74) is 0. The van der Waals surface area contributed by atoms with Crippen LogP contribution < -0.4 is 0 Å². The number of hydrogen-bond acceptors (Lipinski definition) is 4. The van der Waals surface area contributed by atoms with Crippen molar-refractivity contribution in [1.82, 2.24) is 0 Å². The topological polar surface area (TPSA) is 43.4 Å². The molecule has 0 aromatic heterocycles. The number of cyclic esters (lactones) is 1. The molecule has 0 unspecified atom stereocenters. The van der Waals surface area contributed by atoms with Crippen molar-refractivity contribution in [3.8, 4) is 0 Å².